The number of nitrogens with zero attached hydrogens (tertiary/aromatic N) is 1. The Kier molecular flexibility index (Phi) is 32.4. The third-order valence-corrected chi connectivity index (χ3v) is 9.77. The first-order chi connectivity index (χ1) is 20.7. The first-order valence-corrected chi connectivity index (χ1v) is 19.5. The molecule has 1 nitrogen and oxygen atoms in total. The van der Waals surface area contributed by atoms with Crippen LogP contribution in [-0.4, -0.2) is 18.0 Å². The van der Waals surface area contributed by atoms with Crippen LogP contribution in [-0.2, 0) is 6.54 Å². The van der Waals surface area contributed by atoms with E-state index in [1.165, 1.54) is 204 Å². The molecule has 0 bridgehead atoms. The molecule has 0 unspecified atom stereocenters. The van der Waals surface area contributed by atoms with Gasteiger partial charge in [0.2, 0.25) is 0 Å². The van der Waals surface area contributed by atoms with Crippen molar-refractivity contribution in [3.05, 3.63) is 34.9 Å². The Morgan fingerprint density at radius 1 is 0.419 bits per heavy atom. The lowest BCUT2D eigenvalue weighted by Crippen LogP contribution is -2.26. The largest absolute Gasteiger partial charge is 0.299 e. The van der Waals surface area contributed by atoms with Gasteiger partial charge in [-0.05, 0) is 56.5 Å². The zero-order valence-corrected chi connectivity index (χ0v) is 30.8. The molecule has 0 aliphatic rings. The molecule has 1 aromatic rings. The number of hydrogen-bond donors (Lipinski definition) is 0. The van der Waals surface area contributed by atoms with Gasteiger partial charge in [-0.2, -0.15) is 0 Å². The molecule has 0 radical (unpaired) electrons. The van der Waals surface area contributed by atoms with Crippen molar-refractivity contribution < 1.29 is 0 Å². The molecule has 0 aromatic heterocycles. The van der Waals surface area contributed by atoms with E-state index in [0.717, 1.165) is 6.54 Å². The molecule has 2 heteroatoms. The summed E-state index contributed by atoms with van der Waals surface area (Å²) in [5, 5.41) is 0. The van der Waals surface area contributed by atoms with Crippen LogP contribution in [0.15, 0.2) is 18.2 Å². The summed E-state index contributed by atoms with van der Waals surface area (Å²) < 4.78 is 0. The lowest BCUT2D eigenvalue weighted by atomic mass is 10.0. The molecular formula is C41H78ClN. The van der Waals surface area contributed by atoms with Gasteiger partial charge < -0.3 is 0 Å². The van der Waals surface area contributed by atoms with Crippen molar-refractivity contribution in [2.24, 2.45) is 0 Å². The number of halogens is 1. The maximum Gasteiger partial charge on any atom is 0.0236 e. The molecule has 0 saturated carbocycles. The first-order valence-electron chi connectivity index (χ1n) is 19.5. The topological polar surface area (TPSA) is 3.24 Å². The van der Waals surface area contributed by atoms with Crippen LogP contribution in [0.25, 0.3) is 0 Å². The van der Waals surface area contributed by atoms with E-state index in [9.17, 15) is 0 Å². The molecule has 0 fully saturated rings. The van der Waals surface area contributed by atoms with Crippen LogP contribution in [0.5, 0.6) is 0 Å². The summed E-state index contributed by atoms with van der Waals surface area (Å²) in [6.07, 6.45) is 40.4. The molecule has 0 saturated heterocycles. The van der Waals surface area contributed by atoms with E-state index in [2.05, 4.69) is 50.8 Å². The van der Waals surface area contributed by atoms with E-state index >= 15 is 0 Å². The maximum atomic E-state index is 2.78. The fraction of sp³-hybridized carbons (Fsp3) is 0.854. The number of hydrogen-bond acceptors (Lipinski definition) is 1. The van der Waals surface area contributed by atoms with Crippen molar-refractivity contribution in [2.75, 3.05) is 13.1 Å². The monoisotopic (exact) mass is 620 g/mol. The summed E-state index contributed by atoms with van der Waals surface area (Å²) in [4.78, 5) is 2.78. The number of unbranched alkanes of at least 4 members (excludes halogenated alkanes) is 26. The van der Waals surface area contributed by atoms with E-state index < -0.39 is 0 Å². The zero-order valence-electron chi connectivity index (χ0n) is 30.0. The molecule has 1 aromatic carbocycles. The third-order valence-electron chi connectivity index (χ3n) is 9.77. The predicted octanol–water partition coefficient (Wildman–Crippen LogP) is 14.5. The summed E-state index contributed by atoms with van der Waals surface area (Å²) in [6, 6.07) is 6.89. The number of rotatable bonds is 32. The Labute approximate surface area is 278 Å². The van der Waals surface area contributed by atoms with Crippen molar-refractivity contribution in [2.45, 2.75) is 214 Å². The minimum atomic E-state index is 0. The van der Waals surface area contributed by atoms with Gasteiger partial charge >= 0.3 is 0 Å². The highest BCUT2D eigenvalue weighted by Gasteiger charge is 2.09. The molecule has 0 N–H and O–H groups in total. The Balaban J connectivity index is 0.0000176. The summed E-state index contributed by atoms with van der Waals surface area (Å²) in [6.45, 7) is 12.9. The van der Waals surface area contributed by atoms with Crippen molar-refractivity contribution in [1.29, 1.82) is 0 Å². The Morgan fingerprint density at radius 3 is 1.05 bits per heavy atom. The summed E-state index contributed by atoms with van der Waals surface area (Å²) in [5.41, 5.74) is 4.50. The fourth-order valence-corrected chi connectivity index (χ4v) is 6.55. The molecule has 0 heterocycles. The summed E-state index contributed by atoms with van der Waals surface area (Å²) in [7, 11) is 0. The highest BCUT2D eigenvalue weighted by molar-refractivity contribution is 5.85. The van der Waals surface area contributed by atoms with Crippen LogP contribution in [0.1, 0.15) is 210 Å². The average molecular weight is 621 g/mol. The minimum Gasteiger partial charge on any atom is -0.299 e. The summed E-state index contributed by atoms with van der Waals surface area (Å²) >= 11 is 0. The molecule has 254 valence electrons. The molecule has 0 amide bonds. The van der Waals surface area contributed by atoms with Gasteiger partial charge in [0.1, 0.15) is 0 Å². The van der Waals surface area contributed by atoms with Crippen LogP contribution in [0.3, 0.4) is 0 Å². The van der Waals surface area contributed by atoms with Gasteiger partial charge in [0.05, 0.1) is 0 Å². The van der Waals surface area contributed by atoms with Gasteiger partial charge in [0.25, 0.3) is 0 Å². The van der Waals surface area contributed by atoms with Gasteiger partial charge in [-0.15, -0.1) is 12.4 Å². The van der Waals surface area contributed by atoms with Gasteiger partial charge in [-0.3, -0.25) is 4.90 Å². The molecule has 43 heavy (non-hydrogen) atoms. The Bertz CT molecular complexity index is 654. The highest BCUT2D eigenvalue weighted by Crippen LogP contribution is 2.18. The van der Waals surface area contributed by atoms with Gasteiger partial charge in [-0.25, -0.2) is 0 Å². The minimum absolute atomic E-state index is 0. The normalized spacial score (nSPS) is 11.4. The number of aryl methyl sites for hydroxylation is 1. The second-order valence-electron chi connectivity index (χ2n) is 13.8. The van der Waals surface area contributed by atoms with Crippen LogP contribution in [0, 0.1) is 13.8 Å². The second kappa shape index (κ2) is 32.9. The smallest absolute Gasteiger partial charge is 0.0236 e. The van der Waals surface area contributed by atoms with E-state index in [0.29, 0.717) is 0 Å². The lowest BCUT2D eigenvalue weighted by Gasteiger charge is -2.24. The third kappa shape index (κ3) is 26.4. The van der Waals surface area contributed by atoms with Crippen molar-refractivity contribution in [1.82, 2.24) is 4.90 Å². The van der Waals surface area contributed by atoms with Crippen LogP contribution in [0.4, 0.5) is 0 Å². The summed E-state index contributed by atoms with van der Waals surface area (Å²) in [5.74, 6) is 0. The Hall–Kier alpha value is -0.530. The molecule has 0 spiro atoms. The SMILES string of the molecule is CCCCCCCCCCCCCCCCN(CCCCCCCCCCCCCCCC)Cc1cccc(C)c1C.Cl. The van der Waals surface area contributed by atoms with E-state index in [1.54, 1.807) is 5.56 Å². The van der Waals surface area contributed by atoms with Crippen molar-refractivity contribution >= 4 is 12.4 Å². The average Bonchev–Trinajstić information content (AvgIpc) is 2.99. The first kappa shape index (κ1) is 42.5. The number of benzene rings is 1. The standard InChI is InChI=1S/C41H77N.ClH/c1-5-7-9-11-13-15-17-19-21-23-25-27-29-31-36-42(38-41-35-33-34-39(3)40(41)4)37-32-30-28-26-24-22-20-18-16-14-12-10-8-6-2;/h33-35H,5-32,36-38H2,1-4H3;1H. The van der Waals surface area contributed by atoms with Gasteiger partial charge in [-0.1, -0.05) is 199 Å². The van der Waals surface area contributed by atoms with E-state index in [-0.39, 0.29) is 12.4 Å². The van der Waals surface area contributed by atoms with Crippen molar-refractivity contribution in [3.8, 4) is 0 Å². The van der Waals surface area contributed by atoms with E-state index in [4.69, 9.17) is 0 Å². The van der Waals surface area contributed by atoms with E-state index in [1.807, 2.05) is 0 Å². The predicted molar refractivity (Wildman–Crippen MR) is 199 cm³/mol. The Morgan fingerprint density at radius 2 is 0.721 bits per heavy atom. The molecule has 0 atom stereocenters. The molecule has 0 aliphatic carbocycles. The lowest BCUT2D eigenvalue weighted by molar-refractivity contribution is 0.251. The maximum absolute atomic E-state index is 2.78. The zero-order chi connectivity index (χ0) is 30.4. The van der Waals surface area contributed by atoms with Gasteiger partial charge in [0, 0.05) is 6.54 Å². The fourth-order valence-electron chi connectivity index (χ4n) is 6.55. The second-order valence-corrected chi connectivity index (χ2v) is 13.8. The van der Waals surface area contributed by atoms with Crippen LogP contribution >= 0.6 is 12.4 Å². The van der Waals surface area contributed by atoms with Gasteiger partial charge in [0.15, 0.2) is 0 Å². The molecule has 0 aliphatic heterocycles. The van der Waals surface area contributed by atoms with Crippen LogP contribution in [0.2, 0.25) is 0 Å². The van der Waals surface area contributed by atoms with Crippen molar-refractivity contribution in [3.63, 3.8) is 0 Å². The molecule has 1 rings (SSSR count). The van der Waals surface area contributed by atoms with Crippen LogP contribution < -0.4 is 0 Å². The highest BCUT2D eigenvalue weighted by atomic mass is 35.5. The quantitative estimate of drug-likeness (QED) is 0.0725. The molecular weight excluding hydrogens is 542 g/mol.